The van der Waals surface area contributed by atoms with Crippen LogP contribution in [0.5, 0.6) is 0 Å². The summed E-state index contributed by atoms with van der Waals surface area (Å²) in [6, 6.07) is -1.10. The summed E-state index contributed by atoms with van der Waals surface area (Å²) >= 11 is 0. The minimum Gasteiger partial charge on any atom is -0.356 e. The summed E-state index contributed by atoms with van der Waals surface area (Å²) in [4.78, 5) is 29.8. The minimum absolute atomic E-state index is 0.119. The average molecular weight is 398 g/mol. The number of carbonyl (C=O) groups excluding carboxylic acids is 1. The lowest BCUT2D eigenvalue weighted by Gasteiger charge is -2.18. The van der Waals surface area contributed by atoms with Crippen molar-refractivity contribution >= 4 is 22.8 Å². The van der Waals surface area contributed by atoms with E-state index in [9.17, 15) is 22.4 Å². The molecule has 3 rings (SSSR count). The van der Waals surface area contributed by atoms with E-state index in [-0.39, 0.29) is 18.1 Å². The molecule has 0 saturated carbocycles. The summed E-state index contributed by atoms with van der Waals surface area (Å²) in [5, 5.41) is 4.98. The standard InChI is InChI=1S/C16H15F4N7O/c1-2-11(15(28)24-6-16(18,19)20)26-14-10(17)5-23-13(27-14)9-4-22-12-8(9)3-21-7-25-12/h3-5,7,11H,2,6H2,1H3,(H,24,28)(H,21,22,25)(H,23,26,27)/p+1. The van der Waals surface area contributed by atoms with Crippen molar-refractivity contribution in [1.82, 2.24) is 25.3 Å². The first-order valence-electron chi connectivity index (χ1n) is 8.25. The number of aromatic nitrogens is 5. The van der Waals surface area contributed by atoms with Crippen LogP contribution in [0.1, 0.15) is 13.3 Å². The molecular weight excluding hydrogens is 382 g/mol. The van der Waals surface area contributed by atoms with Gasteiger partial charge in [0.2, 0.25) is 5.91 Å². The van der Waals surface area contributed by atoms with Crippen LogP contribution in [0.25, 0.3) is 22.4 Å². The molecule has 12 heteroatoms. The van der Waals surface area contributed by atoms with Gasteiger partial charge < -0.3 is 15.6 Å². The first-order chi connectivity index (χ1) is 13.3. The van der Waals surface area contributed by atoms with Crippen molar-refractivity contribution in [2.24, 2.45) is 0 Å². The smallest absolute Gasteiger partial charge is 0.356 e. The molecule has 1 amide bonds. The van der Waals surface area contributed by atoms with E-state index in [1.807, 2.05) is 0 Å². The average Bonchev–Trinajstić information content (AvgIpc) is 3.09. The molecular formula is C16H16F4N7O+. The van der Waals surface area contributed by atoms with Gasteiger partial charge >= 0.3 is 6.18 Å². The second-order valence-corrected chi connectivity index (χ2v) is 5.86. The fourth-order valence-electron chi connectivity index (χ4n) is 2.51. The molecule has 4 N–H and O–H groups in total. The molecule has 1 atom stereocenters. The van der Waals surface area contributed by atoms with Gasteiger partial charge in [-0.2, -0.15) is 13.2 Å². The third kappa shape index (κ3) is 4.32. The molecule has 28 heavy (non-hydrogen) atoms. The molecule has 148 valence electrons. The molecule has 3 aromatic rings. The summed E-state index contributed by atoms with van der Waals surface area (Å²) in [6.07, 6.45) is 1.23. The third-order valence-electron chi connectivity index (χ3n) is 3.88. The Kier molecular flexibility index (Phi) is 5.38. The van der Waals surface area contributed by atoms with Crippen LogP contribution in [0.2, 0.25) is 0 Å². The van der Waals surface area contributed by atoms with Gasteiger partial charge in [0.05, 0.1) is 17.1 Å². The maximum Gasteiger partial charge on any atom is 0.405 e. The van der Waals surface area contributed by atoms with E-state index in [1.165, 1.54) is 6.33 Å². The van der Waals surface area contributed by atoms with Crippen LogP contribution in [0.4, 0.5) is 23.4 Å². The predicted octanol–water partition coefficient (Wildman–Crippen LogP) is 1.84. The van der Waals surface area contributed by atoms with Crippen LogP contribution in [0.15, 0.2) is 24.9 Å². The van der Waals surface area contributed by atoms with Crippen LogP contribution in [0, 0.1) is 5.82 Å². The highest BCUT2D eigenvalue weighted by atomic mass is 19.4. The fourth-order valence-corrected chi connectivity index (χ4v) is 2.51. The lowest BCUT2D eigenvalue weighted by atomic mass is 10.2. The number of nitrogens with zero attached hydrogens (tertiary/aromatic N) is 3. The molecule has 0 spiro atoms. The topological polar surface area (TPSA) is 110 Å². The number of anilines is 1. The summed E-state index contributed by atoms with van der Waals surface area (Å²) in [5.41, 5.74) is 1.10. The molecule has 3 heterocycles. The van der Waals surface area contributed by atoms with Crippen LogP contribution in [-0.2, 0) is 4.79 Å². The van der Waals surface area contributed by atoms with E-state index in [0.29, 0.717) is 16.6 Å². The van der Waals surface area contributed by atoms with Gasteiger partial charge in [-0.15, -0.1) is 0 Å². The van der Waals surface area contributed by atoms with Crippen LogP contribution in [-0.4, -0.2) is 44.6 Å². The molecule has 0 fully saturated rings. The zero-order valence-corrected chi connectivity index (χ0v) is 14.6. The highest BCUT2D eigenvalue weighted by Gasteiger charge is 2.29. The van der Waals surface area contributed by atoms with Gasteiger partial charge in [0.15, 0.2) is 17.5 Å². The van der Waals surface area contributed by atoms with Crippen molar-refractivity contribution in [3.63, 3.8) is 0 Å². The summed E-state index contributed by atoms with van der Waals surface area (Å²) in [6.45, 7) is 0.104. The maximum absolute atomic E-state index is 14.1. The van der Waals surface area contributed by atoms with E-state index in [4.69, 9.17) is 0 Å². The van der Waals surface area contributed by atoms with Gasteiger partial charge in [0.25, 0.3) is 12.0 Å². The SMILES string of the molecule is CCC(Nc1nc(-c2c[nH]c3nc[nH+]cc23)ncc1F)C(=O)NCC(F)(F)F. The molecule has 1 unspecified atom stereocenters. The molecule has 0 aliphatic heterocycles. The highest BCUT2D eigenvalue weighted by molar-refractivity contribution is 5.90. The van der Waals surface area contributed by atoms with E-state index < -0.39 is 30.5 Å². The Bertz CT molecular complexity index is 989. The van der Waals surface area contributed by atoms with E-state index in [0.717, 1.165) is 6.20 Å². The molecule has 0 saturated heterocycles. The largest absolute Gasteiger partial charge is 0.405 e. The zero-order chi connectivity index (χ0) is 20.3. The van der Waals surface area contributed by atoms with Crippen molar-refractivity contribution < 1.29 is 27.3 Å². The third-order valence-corrected chi connectivity index (χ3v) is 3.88. The quantitative estimate of drug-likeness (QED) is 0.549. The number of carbonyl (C=O) groups is 1. The molecule has 8 nitrogen and oxygen atoms in total. The molecule has 0 aliphatic carbocycles. The Labute approximate surface area is 155 Å². The van der Waals surface area contributed by atoms with Crippen LogP contribution in [0.3, 0.4) is 0 Å². The summed E-state index contributed by atoms with van der Waals surface area (Å²) in [7, 11) is 0. The summed E-state index contributed by atoms with van der Waals surface area (Å²) < 4.78 is 51.0. The normalized spacial score (nSPS) is 12.8. The number of fused-ring (bicyclic) bond motifs is 1. The molecule has 0 radical (unpaired) electrons. The van der Waals surface area contributed by atoms with Gasteiger partial charge in [0.1, 0.15) is 18.8 Å². The Morgan fingerprint density at radius 2 is 2.14 bits per heavy atom. The van der Waals surface area contributed by atoms with E-state index in [2.05, 4.69) is 30.2 Å². The first kappa shape index (κ1) is 19.5. The number of rotatable bonds is 6. The van der Waals surface area contributed by atoms with Gasteiger partial charge in [0, 0.05) is 6.20 Å². The monoisotopic (exact) mass is 398 g/mol. The number of hydrogen-bond acceptors (Lipinski definition) is 5. The first-order valence-corrected chi connectivity index (χ1v) is 8.25. The second-order valence-electron chi connectivity index (χ2n) is 5.86. The molecule has 0 aromatic carbocycles. The number of nitrogens with one attached hydrogen (secondary N) is 4. The van der Waals surface area contributed by atoms with Gasteiger partial charge in [-0.3, -0.25) is 4.79 Å². The van der Waals surface area contributed by atoms with Crippen molar-refractivity contribution in [2.75, 3.05) is 11.9 Å². The maximum atomic E-state index is 14.1. The number of amides is 1. The van der Waals surface area contributed by atoms with Crippen LogP contribution >= 0.6 is 0 Å². The molecule has 0 aliphatic rings. The Hall–Kier alpha value is -3.31. The number of aromatic amines is 2. The highest BCUT2D eigenvalue weighted by Crippen LogP contribution is 2.25. The van der Waals surface area contributed by atoms with E-state index in [1.54, 1.807) is 24.6 Å². The lowest BCUT2D eigenvalue weighted by Crippen LogP contribution is -2.43. The number of H-pyrrole nitrogens is 2. The zero-order valence-electron chi connectivity index (χ0n) is 14.6. The predicted molar refractivity (Wildman–Crippen MR) is 90.4 cm³/mol. The van der Waals surface area contributed by atoms with Gasteiger partial charge in [-0.25, -0.2) is 19.3 Å². The number of halogens is 4. The van der Waals surface area contributed by atoms with Crippen molar-refractivity contribution in [1.29, 1.82) is 0 Å². The van der Waals surface area contributed by atoms with Crippen LogP contribution < -0.4 is 15.6 Å². The molecule has 0 bridgehead atoms. The van der Waals surface area contributed by atoms with Crippen molar-refractivity contribution in [2.45, 2.75) is 25.6 Å². The summed E-state index contributed by atoms with van der Waals surface area (Å²) in [5.74, 6) is -1.89. The van der Waals surface area contributed by atoms with Crippen molar-refractivity contribution in [3.8, 4) is 11.4 Å². The Morgan fingerprint density at radius 3 is 2.86 bits per heavy atom. The number of hydrogen-bond donors (Lipinski definition) is 3. The second kappa shape index (κ2) is 7.74. The Balaban J connectivity index is 1.84. The number of alkyl halides is 3. The Morgan fingerprint density at radius 1 is 1.36 bits per heavy atom. The lowest BCUT2D eigenvalue weighted by molar-refractivity contribution is -0.380. The molecule has 3 aromatic heterocycles. The van der Waals surface area contributed by atoms with Gasteiger partial charge in [-0.1, -0.05) is 6.92 Å². The fraction of sp³-hybridized carbons (Fsp3) is 0.312. The van der Waals surface area contributed by atoms with E-state index >= 15 is 0 Å². The van der Waals surface area contributed by atoms with Crippen molar-refractivity contribution in [3.05, 3.63) is 30.7 Å². The minimum atomic E-state index is -4.54. The van der Waals surface area contributed by atoms with Gasteiger partial charge in [-0.05, 0) is 11.4 Å².